The number of aromatic nitrogens is 2. The van der Waals surface area contributed by atoms with Crippen molar-refractivity contribution in [1.29, 1.82) is 0 Å². The molecular weight excluding hydrogens is 472 g/mol. The van der Waals surface area contributed by atoms with Crippen molar-refractivity contribution in [3.8, 4) is 0 Å². The van der Waals surface area contributed by atoms with E-state index < -0.39 is 11.7 Å². The van der Waals surface area contributed by atoms with Crippen molar-refractivity contribution in [3.05, 3.63) is 47.8 Å². The molecule has 1 aliphatic heterocycles. The van der Waals surface area contributed by atoms with Gasteiger partial charge in [0.15, 0.2) is 5.96 Å². The summed E-state index contributed by atoms with van der Waals surface area (Å²) in [6, 6.07) is 7.36. The molecule has 1 aromatic carbocycles. The summed E-state index contributed by atoms with van der Waals surface area (Å²) >= 11 is 0. The maximum atomic E-state index is 12.9. The topological polar surface area (TPSA) is 59.6 Å². The number of benzene rings is 1. The lowest BCUT2D eigenvalue weighted by Crippen LogP contribution is -2.52. The zero-order valence-corrected chi connectivity index (χ0v) is 17.2. The van der Waals surface area contributed by atoms with Gasteiger partial charge in [0.05, 0.1) is 17.8 Å². The van der Waals surface area contributed by atoms with E-state index in [-0.39, 0.29) is 24.0 Å². The molecule has 0 amide bonds. The maximum Gasteiger partial charge on any atom is 0.416 e. The van der Waals surface area contributed by atoms with Crippen LogP contribution in [0.4, 0.5) is 18.9 Å². The third-order valence-electron chi connectivity index (χ3n) is 4.33. The summed E-state index contributed by atoms with van der Waals surface area (Å²) in [5, 5.41) is 10.0. The van der Waals surface area contributed by atoms with Gasteiger partial charge in [-0.2, -0.15) is 18.3 Å². The number of piperazine rings is 1. The minimum absolute atomic E-state index is 0. The van der Waals surface area contributed by atoms with Crippen molar-refractivity contribution in [2.24, 2.45) is 4.99 Å². The molecule has 0 aliphatic carbocycles. The molecule has 1 fully saturated rings. The van der Waals surface area contributed by atoms with Crippen molar-refractivity contribution < 1.29 is 13.2 Å². The number of aromatic amines is 1. The highest BCUT2D eigenvalue weighted by Crippen LogP contribution is 2.31. The molecule has 148 valence electrons. The highest BCUT2D eigenvalue weighted by Gasteiger charge is 2.31. The van der Waals surface area contributed by atoms with Crippen LogP contribution in [-0.4, -0.2) is 54.3 Å². The van der Waals surface area contributed by atoms with Crippen LogP contribution in [0.25, 0.3) is 0 Å². The van der Waals surface area contributed by atoms with E-state index in [4.69, 9.17) is 0 Å². The summed E-state index contributed by atoms with van der Waals surface area (Å²) in [6.07, 6.45) is -2.63. The molecule has 27 heavy (non-hydrogen) atoms. The fourth-order valence-corrected chi connectivity index (χ4v) is 2.95. The standard InChI is InChI=1S/C17H21F3N6.HI/c1-21-16(22-12-14-5-6-23-24-14)26-9-7-25(8-10-26)15-4-2-3-13(11-15)17(18,19)20;/h2-6,11H,7-10,12H2,1H3,(H,21,22)(H,23,24);1H. The monoisotopic (exact) mass is 494 g/mol. The summed E-state index contributed by atoms with van der Waals surface area (Å²) in [4.78, 5) is 8.35. The number of halogens is 4. The molecule has 10 heteroatoms. The van der Waals surface area contributed by atoms with Crippen LogP contribution in [0.5, 0.6) is 0 Å². The van der Waals surface area contributed by atoms with Crippen LogP contribution >= 0.6 is 24.0 Å². The van der Waals surface area contributed by atoms with Crippen LogP contribution in [0, 0.1) is 0 Å². The van der Waals surface area contributed by atoms with Gasteiger partial charge in [0, 0.05) is 45.1 Å². The molecular formula is C17H22F3IN6. The molecule has 1 aromatic heterocycles. The van der Waals surface area contributed by atoms with E-state index in [0.29, 0.717) is 38.4 Å². The van der Waals surface area contributed by atoms with Crippen molar-refractivity contribution in [2.75, 3.05) is 38.1 Å². The van der Waals surface area contributed by atoms with E-state index in [1.165, 1.54) is 12.1 Å². The van der Waals surface area contributed by atoms with Gasteiger partial charge in [0.1, 0.15) is 0 Å². The SMILES string of the molecule is CN=C(NCc1ccn[nH]1)N1CCN(c2cccc(C(F)(F)F)c2)CC1.I. The second-order valence-corrected chi connectivity index (χ2v) is 6.00. The number of guanidine groups is 1. The number of nitrogens with zero attached hydrogens (tertiary/aromatic N) is 4. The molecule has 0 saturated carbocycles. The van der Waals surface area contributed by atoms with Gasteiger partial charge in [0.25, 0.3) is 0 Å². The average molecular weight is 494 g/mol. The molecule has 2 N–H and O–H groups in total. The molecule has 2 heterocycles. The van der Waals surface area contributed by atoms with Crippen molar-refractivity contribution >= 4 is 35.6 Å². The van der Waals surface area contributed by atoms with Gasteiger partial charge in [-0.1, -0.05) is 6.07 Å². The lowest BCUT2D eigenvalue weighted by atomic mass is 10.1. The quantitative estimate of drug-likeness (QED) is 0.392. The fraction of sp³-hybridized carbons (Fsp3) is 0.412. The Bertz CT molecular complexity index is 739. The summed E-state index contributed by atoms with van der Waals surface area (Å²) < 4.78 is 38.7. The van der Waals surface area contributed by atoms with Crippen LogP contribution in [0.15, 0.2) is 41.5 Å². The minimum Gasteiger partial charge on any atom is -0.368 e. The van der Waals surface area contributed by atoms with Gasteiger partial charge in [-0.3, -0.25) is 10.1 Å². The molecule has 0 unspecified atom stereocenters. The minimum atomic E-state index is -4.32. The number of hydrogen-bond donors (Lipinski definition) is 2. The lowest BCUT2D eigenvalue weighted by Gasteiger charge is -2.37. The predicted octanol–water partition coefficient (Wildman–Crippen LogP) is 2.94. The van der Waals surface area contributed by atoms with E-state index in [1.54, 1.807) is 19.3 Å². The van der Waals surface area contributed by atoms with Crippen LogP contribution in [0.3, 0.4) is 0 Å². The Morgan fingerprint density at radius 3 is 2.56 bits per heavy atom. The smallest absolute Gasteiger partial charge is 0.368 e. The number of alkyl halides is 3. The van der Waals surface area contributed by atoms with E-state index in [2.05, 4.69) is 25.4 Å². The normalized spacial score (nSPS) is 15.5. The zero-order valence-electron chi connectivity index (χ0n) is 14.8. The van der Waals surface area contributed by atoms with Gasteiger partial charge in [-0.25, -0.2) is 0 Å². The van der Waals surface area contributed by atoms with E-state index in [0.717, 1.165) is 17.7 Å². The fourth-order valence-electron chi connectivity index (χ4n) is 2.95. The Kier molecular flexibility index (Phi) is 7.33. The highest BCUT2D eigenvalue weighted by atomic mass is 127. The Hall–Kier alpha value is -1.98. The first-order chi connectivity index (χ1) is 12.5. The number of hydrogen-bond acceptors (Lipinski definition) is 3. The first kappa shape index (κ1) is 21.3. The number of H-pyrrole nitrogens is 1. The van der Waals surface area contributed by atoms with Gasteiger partial charge < -0.3 is 15.1 Å². The molecule has 3 rings (SSSR count). The Balaban J connectivity index is 0.00000261. The van der Waals surface area contributed by atoms with Crippen LogP contribution < -0.4 is 10.2 Å². The maximum absolute atomic E-state index is 12.9. The first-order valence-corrected chi connectivity index (χ1v) is 8.33. The van der Waals surface area contributed by atoms with Crippen molar-refractivity contribution in [3.63, 3.8) is 0 Å². The van der Waals surface area contributed by atoms with Gasteiger partial charge in [-0.05, 0) is 24.3 Å². The van der Waals surface area contributed by atoms with Crippen LogP contribution in [0.2, 0.25) is 0 Å². The number of anilines is 1. The van der Waals surface area contributed by atoms with Gasteiger partial charge in [-0.15, -0.1) is 24.0 Å². The first-order valence-electron chi connectivity index (χ1n) is 8.33. The second kappa shape index (κ2) is 9.29. The highest BCUT2D eigenvalue weighted by molar-refractivity contribution is 14.0. The molecule has 0 atom stereocenters. The summed E-state index contributed by atoms with van der Waals surface area (Å²) in [5.74, 6) is 0.767. The van der Waals surface area contributed by atoms with Gasteiger partial charge >= 0.3 is 6.18 Å². The van der Waals surface area contributed by atoms with Crippen LogP contribution in [-0.2, 0) is 12.7 Å². The number of aliphatic imine (C=N–C) groups is 1. The van der Waals surface area contributed by atoms with E-state index >= 15 is 0 Å². The van der Waals surface area contributed by atoms with Gasteiger partial charge in [0.2, 0.25) is 0 Å². The summed E-state index contributed by atoms with van der Waals surface area (Å²) in [6.45, 7) is 3.20. The molecule has 2 aromatic rings. The summed E-state index contributed by atoms with van der Waals surface area (Å²) in [5.41, 5.74) is 0.933. The third-order valence-corrected chi connectivity index (χ3v) is 4.33. The zero-order chi connectivity index (χ0) is 18.6. The lowest BCUT2D eigenvalue weighted by molar-refractivity contribution is -0.137. The molecule has 0 spiro atoms. The van der Waals surface area contributed by atoms with Crippen molar-refractivity contribution in [1.82, 2.24) is 20.4 Å². The Morgan fingerprint density at radius 2 is 1.96 bits per heavy atom. The predicted molar refractivity (Wildman–Crippen MR) is 109 cm³/mol. The largest absolute Gasteiger partial charge is 0.416 e. The van der Waals surface area contributed by atoms with E-state index in [9.17, 15) is 13.2 Å². The third kappa shape index (κ3) is 5.50. The second-order valence-electron chi connectivity index (χ2n) is 6.00. The Labute approximate surface area is 172 Å². The number of rotatable bonds is 3. The molecule has 1 aliphatic rings. The Morgan fingerprint density at radius 1 is 1.22 bits per heavy atom. The molecule has 6 nitrogen and oxygen atoms in total. The molecule has 0 bridgehead atoms. The molecule has 1 saturated heterocycles. The average Bonchev–Trinajstić information content (AvgIpc) is 3.16. The van der Waals surface area contributed by atoms with E-state index in [1.807, 2.05) is 11.0 Å². The van der Waals surface area contributed by atoms with Crippen LogP contribution in [0.1, 0.15) is 11.3 Å². The van der Waals surface area contributed by atoms with Crippen molar-refractivity contribution in [2.45, 2.75) is 12.7 Å². The molecule has 0 radical (unpaired) electrons. The number of nitrogens with one attached hydrogen (secondary N) is 2. The summed E-state index contributed by atoms with van der Waals surface area (Å²) in [7, 11) is 1.72.